The molecule has 1 aromatic rings. The largest absolute Gasteiger partial charge is 0.326 e. The first-order chi connectivity index (χ1) is 8.31. The first-order valence-corrected chi connectivity index (χ1v) is 7.65. The van der Waals surface area contributed by atoms with E-state index in [2.05, 4.69) is 43.0 Å². The van der Waals surface area contributed by atoms with Crippen LogP contribution in [0, 0.1) is 5.92 Å². The zero-order valence-electron chi connectivity index (χ0n) is 10.7. The van der Waals surface area contributed by atoms with Gasteiger partial charge >= 0.3 is 0 Å². The number of hydrogen-bond donors (Lipinski definition) is 1. The number of benzene rings is 1. The van der Waals surface area contributed by atoms with Crippen molar-refractivity contribution in [1.82, 2.24) is 0 Å². The van der Waals surface area contributed by atoms with Gasteiger partial charge < -0.3 is 5.73 Å². The van der Waals surface area contributed by atoms with Crippen LogP contribution in [-0.2, 0) is 6.54 Å². The molecule has 0 aliphatic heterocycles. The second-order valence-electron chi connectivity index (χ2n) is 5.02. The number of rotatable bonds is 4. The third-order valence-electron chi connectivity index (χ3n) is 3.81. The Bertz CT molecular complexity index is 343. The van der Waals surface area contributed by atoms with Gasteiger partial charge in [-0.15, -0.1) is 11.8 Å². The summed E-state index contributed by atoms with van der Waals surface area (Å²) in [5.74, 6) is 0.988. The van der Waals surface area contributed by atoms with Gasteiger partial charge in [-0.05, 0) is 49.3 Å². The third-order valence-corrected chi connectivity index (χ3v) is 5.14. The van der Waals surface area contributed by atoms with Gasteiger partial charge in [0.05, 0.1) is 0 Å². The molecular weight excluding hydrogens is 226 g/mol. The van der Waals surface area contributed by atoms with Crippen LogP contribution in [0.25, 0.3) is 0 Å². The highest BCUT2D eigenvalue weighted by atomic mass is 32.2. The molecule has 2 N–H and O–H groups in total. The first-order valence-electron chi connectivity index (χ1n) is 6.77. The lowest BCUT2D eigenvalue weighted by molar-refractivity contribution is 0.356. The average molecular weight is 249 g/mol. The molecule has 0 aromatic heterocycles. The van der Waals surface area contributed by atoms with Gasteiger partial charge in [0.25, 0.3) is 0 Å². The molecular formula is C15H23NS. The third kappa shape index (κ3) is 3.75. The van der Waals surface area contributed by atoms with E-state index < -0.39 is 0 Å². The van der Waals surface area contributed by atoms with Gasteiger partial charge in [-0.25, -0.2) is 0 Å². The Morgan fingerprint density at radius 3 is 2.65 bits per heavy atom. The fraction of sp³-hybridized carbons (Fsp3) is 0.600. The van der Waals surface area contributed by atoms with E-state index in [1.54, 1.807) is 0 Å². The number of nitrogens with two attached hydrogens (primary N) is 1. The van der Waals surface area contributed by atoms with Crippen molar-refractivity contribution >= 4 is 11.8 Å². The highest BCUT2D eigenvalue weighted by Crippen LogP contribution is 2.36. The molecule has 1 fully saturated rings. The van der Waals surface area contributed by atoms with Gasteiger partial charge in [0.2, 0.25) is 0 Å². The van der Waals surface area contributed by atoms with E-state index >= 15 is 0 Å². The number of hydrogen-bond acceptors (Lipinski definition) is 2. The Morgan fingerprint density at radius 1 is 1.24 bits per heavy atom. The molecule has 0 bridgehead atoms. The van der Waals surface area contributed by atoms with Gasteiger partial charge in [-0.2, -0.15) is 0 Å². The molecule has 17 heavy (non-hydrogen) atoms. The summed E-state index contributed by atoms with van der Waals surface area (Å²) < 4.78 is 0. The van der Waals surface area contributed by atoms with Crippen molar-refractivity contribution < 1.29 is 0 Å². The normalized spacial score (nSPS) is 24.8. The van der Waals surface area contributed by atoms with Gasteiger partial charge in [0.15, 0.2) is 0 Å². The van der Waals surface area contributed by atoms with E-state index in [1.165, 1.54) is 42.6 Å². The zero-order valence-corrected chi connectivity index (χ0v) is 11.5. The quantitative estimate of drug-likeness (QED) is 0.865. The molecule has 0 unspecified atom stereocenters. The van der Waals surface area contributed by atoms with Crippen LogP contribution in [0.2, 0.25) is 0 Å². The van der Waals surface area contributed by atoms with Crippen LogP contribution < -0.4 is 5.73 Å². The summed E-state index contributed by atoms with van der Waals surface area (Å²) >= 11 is 2.05. The smallest absolute Gasteiger partial charge is 0.0178 e. The van der Waals surface area contributed by atoms with Crippen LogP contribution in [0.15, 0.2) is 29.2 Å². The maximum atomic E-state index is 5.68. The van der Waals surface area contributed by atoms with Crippen molar-refractivity contribution in [2.75, 3.05) is 0 Å². The predicted molar refractivity (Wildman–Crippen MR) is 76.2 cm³/mol. The highest BCUT2D eigenvalue weighted by Gasteiger charge is 2.20. The van der Waals surface area contributed by atoms with Crippen molar-refractivity contribution in [3.63, 3.8) is 0 Å². The van der Waals surface area contributed by atoms with Crippen molar-refractivity contribution in [3.05, 3.63) is 29.8 Å². The minimum absolute atomic E-state index is 0.650. The Hall–Kier alpha value is -0.470. The maximum Gasteiger partial charge on any atom is 0.0178 e. The van der Waals surface area contributed by atoms with Gasteiger partial charge in [-0.3, -0.25) is 0 Å². The topological polar surface area (TPSA) is 26.0 Å². The predicted octanol–water partition coefficient (Wildman–Crippen LogP) is 4.21. The summed E-state index contributed by atoms with van der Waals surface area (Å²) in [5, 5.41) is 0.825. The second-order valence-corrected chi connectivity index (χ2v) is 6.39. The molecule has 0 heterocycles. The molecule has 94 valence electrons. The molecule has 2 rings (SSSR count). The molecule has 0 atom stereocenters. The summed E-state index contributed by atoms with van der Waals surface area (Å²) in [4.78, 5) is 1.40. The Balaban J connectivity index is 1.88. The highest BCUT2D eigenvalue weighted by molar-refractivity contribution is 8.00. The van der Waals surface area contributed by atoms with E-state index in [1.807, 2.05) is 0 Å². The molecule has 0 saturated heterocycles. The Labute approximate surface area is 109 Å². The van der Waals surface area contributed by atoms with E-state index in [0.717, 1.165) is 11.2 Å². The van der Waals surface area contributed by atoms with Crippen LogP contribution in [0.4, 0.5) is 0 Å². The molecule has 0 radical (unpaired) electrons. The summed E-state index contributed by atoms with van der Waals surface area (Å²) in [6, 6.07) is 8.70. The molecule has 1 aliphatic rings. The fourth-order valence-electron chi connectivity index (χ4n) is 2.60. The molecule has 1 nitrogen and oxygen atoms in total. The zero-order chi connectivity index (χ0) is 12.1. The number of thioether (sulfide) groups is 1. The minimum atomic E-state index is 0.650. The molecule has 2 heteroatoms. The Kier molecular flexibility index (Phi) is 4.93. The van der Waals surface area contributed by atoms with Gasteiger partial charge in [0, 0.05) is 16.7 Å². The van der Waals surface area contributed by atoms with Crippen LogP contribution in [0.3, 0.4) is 0 Å². The van der Waals surface area contributed by atoms with Crippen molar-refractivity contribution in [3.8, 4) is 0 Å². The van der Waals surface area contributed by atoms with E-state index in [0.29, 0.717) is 6.54 Å². The minimum Gasteiger partial charge on any atom is -0.326 e. The lowest BCUT2D eigenvalue weighted by Crippen LogP contribution is -2.15. The SMILES string of the molecule is CCC1CCC(Sc2cccc(CN)c2)CC1. The second kappa shape index (κ2) is 6.46. The molecule has 1 aromatic carbocycles. The van der Waals surface area contributed by atoms with Gasteiger partial charge in [0.1, 0.15) is 0 Å². The van der Waals surface area contributed by atoms with Crippen molar-refractivity contribution in [1.29, 1.82) is 0 Å². The van der Waals surface area contributed by atoms with Crippen LogP contribution in [0.1, 0.15) is 44.6 Å². The monoisotopic (exact) mass is 249 g/mol. The fourth-order valence-corrected chi connectivity index (χ4v) is 3.87. The Morgan fingerprint density at radius 2 is 2.00 bits per heavy atom. The van der Waals surface area contributed by atoms with Crippen LogP contribution in [0.5, 0.6) is 0 Å². The lowest BCUT2D eigenvalue weighted by Gasteiger charge is -2.27. The molecule has 1 aliphatic carbocycles. The summed E-state index contributed by atoms with van der Waals surface area (Å²) in [5.41, 5.74) is 6.93. The standard InChI is InChI=1S/C15H23NS/c1-2-12-6-8-14(9-7-12)17-15-5-3-4-13(10-15)11-16/h3-5,10,12,14H,2,6-9,11,16H2,1H3. The summed E-state index contributed by atoms with van der Waals surface area (Å²) in [7, 11) is 0. The molecule has 0 spiro atoms. The van der Waals surface area contributed by atoms with E-state index in [-0.39, 0.29) is 0 Å². The van der Waals surface area contributed by atoms with Crippen molar-refractivity contribution in [2.45, 2.75) is 55.7 Å². The van der Waals surface area contributed by atoms with E-state index in [9.17, 15) is 0 Å². The lowest BCUT2D eigenvalue weighted by atomic mass is 9.87. The maximum absolute atomic E-state index is 5.68. The summed E-state index contributed by atoms with van der Waals surface area (Å²) in [6.45, 7) is 2.97. The molecule has 1 saturated carbocycles. The first kappa shape index (κ1) is 13.0. The van der Waals surface area contributed by atoms with Crippen molar-refractivity contribution in [2.24, 2.45) is 11.7 Å². The van der Waals surface area contributed by atoms with Crippen LogP contribution in [-0.4, -0.2) is 5.25 Å². The molecule has 0 amide bonds. The van der Waals surface area contributed by atoms with Crippen LogP contribution >= 0.6 is 11.8 Å². The van der Waals surface area contributed by atoms with Gasteiger partial charge in [-0.1, -0.05) is 25.5 Å². The summed E-state index contributed by atoms with van der Waals surface area (Å²) in [6.07, 6.45) is 6.97. The average Bonchev–Trinajstić information content (AvgIpc) is 2.40. The van der Waals surface area contributed by atoms with E-state index in [4.69, 9.17) is 5.73 Å².